The van der Waals surface area contributed by atoms with Crippen LogP contribution >= 0.6 is 23.6 Å². The average Bonchev–Trinajstić information content (AvgIpc) is 3.51. The molecule has 2 aliphatic heterocycles. The van der Waals surface area contributed by atoms with E-state index in [-0.39, 0.29) is 5.91 Å². The second-order valence-electron chi connectivity index (χ2n) is 10.5. The zero-order chi connectivity index (χ0) is 28.9. The lowest BCUT2D eigenvalue weighted by Crippen LogP contribution is -2.49. The van der Waals surface area contributed by atoms with Gasteiger partial charge in [0.15, 0.2) is 5.11 Å². The van der Waals surface area contributed by atoms with Gasteiger partial charge in [0.2, 0.25) is 0 Å². The third-order valence-electron chi connectivity index (χ3n) is 7.80. The number of piperazine rings is 1. The smallest absolute Gasteiger partial charge is 0.273 e. The number of carbonyl (C=O) groups excluding carboxylic acids is 1. The second kappa shape index (κ2) is 12.9. The van der Waals surface area contributed by atoms with Crippen LogP contribution in [0.2, 0.25) is 0 Å². The van der Waals surface area contributed by atoms with E-state index >= 15 is 0 Å². The highest BCUT2D eigenvalue weighted by atomic mass is 32.1. The van der Waals surface area contributed by atoms with Gasteiger partial charge in [0.25, 0.3) is 5.91 Å². The molecule has 3 heterocycles. The maximum Gasteiger partial charge on any atom is 0.273 e. The maximum atomic E-state index is 13.3. The van der Waals surface area contributed by atoms with Crippen LogP contribution in [0.25, 0.3) is 0 Å². The van der Waals surface area contributed by atoms with Crippen molar-refractivity contribution in [2.45, 2.75) is 18.8 Å². The zero-order valence-electron chi connectivity index (χ0n) is 24.1. The van der Waals surface area contributed by atoms with E-state index in [1.54, 1.807) is 25.6 Å². The standard InChI is InChI=1S/C30H38N6O3S2/c1-33(2)23-7-5-22(6-8-23)31-30(40)36-13-11-21(12-14-36)28-32-25(20-41-28)29(37)35-17-15-34(16-18-35)26-10-9-24(38-3)19-27(26)39-4/h5-10,19-21H,11-18H2,1-4H3,(H,31,40). The Bertz CT molecular complexity index is 1350. The molecule has 2 fully saturated rings. The number of likely N-dealkylation sites (tertiary alicyclic amines) is 1. The number of carbonyl (C=O) groups is 1. The van der Waals surface area contributed by atoms with Gasteiger partial charge in [0, 0.05) is 82.1 Å². The summed E-state index contributed by atoms with van der Waals surface area (Å²) in [5.41, 5.74) is 3.72. The molecule has 2 aromatic carbocycles. The molecule has 3 aromatic rings. The van der Waals surface area contributed by atoms with Crippen molar-refractivity contribution >= 4 is 51.6 Å². The molecule has 0 spiro atoms. The van der Waals surface area contributed by atoms with Crippen LogP contribution in [0.5, 0.6) is 11.5 Å². The van der Waals surface area contributed by atoms with Gasteiger partial charge < -0.3 is 34.4 Å². The highest BCUT2D eigenvalue weighted by molar-refractivity contribution is 7.80. The fourth-order valence-corrected chi connectivity index (χ4v) is 6.57. The van der Waals surface area contributed by atoms with E-state index in [9.17, 15) is 4.79 Å². The van der Waals surface area contributed by atoms with Gasteiger partial charge in [-0.1, -0.05) is 0 Å². The number of hydrogen-bond acceptors (Lipinski definition) is 8. The highest BCUT2D eigenvalue weighted by Gasteiger charge is 2.28. The second-order valence-corrected chi connectivity index (χ2v) is 11.8. The average molecular weight is 595 g/mol. The Balaban J connectivity index is 1.11. The number of thiazole rings is 1. The van der Waals surface area contributed by atoms with Gasteiger partial charge in [0.1, 0.15) is 17.2 Å². The number of amides is 1. The summed E-state index contributed by atoms with van der Waals surface area (Å²) in [5, 5.41) is 7.10. The van der Waals surface area contributed by atoms with E-state index < -0.39 is 0 Å². The quantitative estimate of drug-likeness (QED) is 0.390. The lowest BCUT2D eigenvalue weighted by molar-refractivity contribution is 0.0741. The molecule has 0 aliphatic carbocycles. The third kappa shape index (κ3) is 6.68. The number of rotatable bonds is 7. The normalized spacial score (nSPS) is 16.0. The summed E-state index contributed by atoms with van der Waals surface area (Å²) in [7, 11) is 7.37. The molecule has 11 heteroatoms. The minimum absolute atomic E-state index is 0.0111. The molecule has 5 rings (SSSR count). The molecule has 2 saturated heterocycles. The van der Waals surface area contributed by atoms with Crippen LogP contribution in [-0.4, -0.2) is 93.4 Å². The number of aromatic nitrogens is 1. The van der Waals surface area contributed by atoms with Gasteiger partial charge in [-0.2, -0.15) is 0 Å². The first-order valence-corrected chi connectivity index (χ1v) is 15.2. The van der Waals surface area contributed by atoms with Crippen molar-refractivity contribution in [2.24, 2.45) is 0 Å². The molecule has 2 aliphatic rings. The highest BCUT2D eigenvalue weighted by Crippen LogP contribution is 2.34. The van der Waals surface area contributed by atoms with Crippen LogP contribution in [0.4, 0.5) is 17.1 Å². The molecule has 0 atom stereocenters. The van der Waals surface area contributed by atoms with Gasteiger partial charge in [-0.15, -0.1) is 11.3 Å². The lowest BCUT2D eigenvalue weighted by atomic mass is 9.98. The fraction of sp³-hybridized carbons (Fsp3) is 0.433. The largest absolute Gasteiger partial charge is 0.497 e. The van der Waals surface area contributed by atoms with Crippen molar-refractivity contribution in [1.82, 2.24) is 14.8 Å². The first-order valence-electron chi connectivity index (χ1n) is 13.9. The molecule has 0 radical (unpaired) electrons. The van der Waals surface area contributed by atoms with Crippen molar-refractivity contribution in [2.75, 3.05) is 82.7 Å². The molecule has 1 aromatic heterocycles. The number of methoxy groups -OCH3 is 2. The molecule has 0 unspecified atom stereocenters. The number of piperidine rings is 1. The predicted octanol–water partition coefficient (Wildman–Crippen LogP) is 4.77. The number of nitrogens with one attached hydrogen (secondary N) is 1. The summed E-state index contributed by atoms with van der Waals surface area (Å²) in [6.45, 7) is 4.48. The monoisotopic (exact) mass is 594 g/mol. The van der Waals surface area contributed by atoms with Crippen LogP contribution in [0.1, 0.15) is 34.3 Å². The molecule has 218 valence electrons. The Kier molecular flexibility index (Phi) is 9.14. The zero-order valence-corrected chi connectivity index (χ0v) is 25.8. The number of thiocarbonyl (C=S) groups is 1. The molecular formula is C30H38N6O3S2. The topological polar surface area (TPSA) is 73.4 Å². The van der Waals surface area contributed by atoms with E-state index in [1.165, 1.54) is 0 Å². The molecule has 0 bridgehead atoms. The van der Waals surface area contributed by atoms with Crippen molar-refractivity contribution < 1.29 is 14.3 Å². The van der Waals surface area contributed by atoms with Crippen LogP contribution in [-0.2, 0) is 0 Å². The minimum atomic E-state index is 0.0111. The van der Waals surface area contributed by atoms with Crippen molar-refractivity contribution in [3.63, 3.8) is 0 Å². The van der Waals surface area contributed by atoms with Gasteiger partial charge >= 0.3 is 0 Å². The summed E-state index contributed by atoms with van der Waals surface area (Å²) >= 11 is 7.30. The van der Waals surface area contributed by atoms with E-state index in [4.69, 9.17) is 26.7 Å². The summed E-state index contributed by atoms with van der Waals surface area (Å²) in [5.74, 6) is 1.89. The molecule has 0 saturated carbocycles. The van der Waals surface area contributed by atoms with Crippen molar-refractivity contribution in [1.29, 1.82) is 0 Å². The van der Waals surface area contributed by atoms with Crippen molar-refractivity contribution in [3.8, 4) is 11.5 Å². The van der Waals surface area contributed by atoms with E-state index in [1.807, 2.05) is 42.6 Å². The Labute approximate surface area is 251 Å². The van der Waals surface area contributed by atoms with E-state index in [0.29, 0.717) is 24.7 Å². The fourth-order valence-electron chi connectivity index (χ4n) is 5.31. The summed E-state index contributed by atoms with van der Waals surface area (Å²) in [4.78, 5) is 26.6. The van der Waals surface area contributed by atoms with Crippen LogP contribution in [0, 0.1) is 0 Å². The Hall–Kier alpha value is -3.57. The number of ether oxygens (including phenoxy) is 2. The molecule has 9 nitrogen and oxygen atoms in total. The maximum absolute atomic E-state index is 13.3. The number of benzene rings is 2. The van der Waals surface area contributed by atoms with Crippen LogP contribution in [0.15, 0.2) is 47.8 Å². The Morgan fingerprint density at radius 2 is 1.68 bits per heavy atom. The van der Waals surface area contributed by atoms with Crippen molar-refractivity contribution in [3.05, 3.63) is 58.5 Å². The van der Waals surface area contributed by atoms with Crippen LogP contribution < -0.4 is 24.6 Å². The van der Waals surface area contributed by atoms with E-state index in [2.05, 4.69) is 44.3 Å². The molecule has 41 heavy (non-hydrogen) atoms. The first-order chi connectivity index (χ1) is 19.9. The van der Waals surface area contributed by atoms with E-state index in [0.717, 1.165) is 77.7 Å². The summed E-state index contributed by atoms with van der Waals surface area (Å²) < 4.78 is 10.9. The third-order valence-corrected chi connectivity index (χ3v) is 9.17. The Morgan fingerprint density at radius 3 is 2.32 bits per heavy atom. The molecule has 1 amide bonds. The number of hydrogen-bond donors (Lipinski definition) is 1. The predicted molar refractivity (Wildman–Crippen MR) is 170 cm³/mol. The number of nitrogens with zero attached hydrogens (tertiary/aromatic N) is 5. The Morgan fingerprint density at radius 1 is 0.976 bits per heavy atom. The van der Waals surface area contributed by atoms with Gasteiger partial charge in [-0.25, -0.2) is 4.98 Å². The molecular weight excluding hydrogens is 557 g/mol. The number of anilines is 3. The van der Waals surface area contributed by atoms with Gasteiger partial charge in [-0.3, -0.25) is 4.79 Å². The van der Waals surface area contributed by atoms with Crippen LogP contribution in [0.3, 0.4) is 0 Å². The summed E-state index contributed by atoms with van der Waals surface area (Å²) in [6.07, 6.45) is 1.93. The summed E-state index contributed by atoms with van der Waals surface area (Å²) in [6, 6.07) is 14.1. The van der Waals surface area contributed by atoms with Gasteiger partial charge in [0.05, 0.1) is 24.9 Å². The first kappa shape index (κ1) is 28.9. The lowest BCUT2D eigenvalue weighted by Gasteiger charge is -2.36. The minimum Gasteiger partial charge on any atom is -0.497 e. The SMILES string of the molecule is COc1ccc(N2CCN(C(=O)c3csc(C4CCN(C(=S)Nc5ccc(N(C)C)cc5)CC4)n3)CC2)c(OC)c1. The van der Waals surface area contributed by atoms with Gasteiger partial charge in [-0.05, 0) is 61.5 Å². The molecule has 1 N–H and O–H groups in total.